The maximum Gasteiger partial charge on any atom is 0.147 e. The summed E-state index contributed by atoms with van der Waals surface area (Å²) in [7, 11) is 0. The zero-order valence-corrected chi connectivity index (χ0v) is 6.30. The molecule has 4 N–H and O–H groups in total. The molecule has 11 heavy (non-hydrogen) atoms. The van der Waals surface area contributed by atoms with Crippen LogP contribution < -0.4 is 11.1 Å². The van der Waals surface area contributed by atoms with Crippen LogP contribution in [0.2, 0.25) is 0 Å². The van der Waals surface area contributed by atoms with Crippen molar-refractivity contribution in [3.05, 3.63) is 12.0 Å². The highest BCUT2D eigenvalue weighted by Crippen LogP contribution is 2.19. The van der Waals surface area contributed by atoms with Gasteiger partial charge in [-0.25, -0.2) is 4.98 Å². The number of nitrogens with one attached hydrogen (secondary N) is 2. The van der Waals surface area contributed by atoms with Gasteiger partial charge in [-0.2, -0.15) is 0 Å². The monoisotopic (exact) mass is 152 g/mol. The van der Waals surface area contributed by atoms with Crippen LogP contribution in [0.1, 0.15) is 5.69 Å². The molecule has 1 aromatic rings. The molecule has 0 spiro atoms. The van der Waals surface area contributed by atoms with Crippen molar-refractivity contribution in [1.82, 2.24) is 9.97 Å². The number of fused-ring (bicyclic) bond motifs is 1. The molecule has 4 heteroatoms. The van der Waals surface area contributed by atoms with Crippen LogP contribution in [-0.2, 0) is 6.42 Å². The van der Waals surface area contributed by atoms with Crippen molar-refractivity contribution in [3.63, 3.8) is 0 Å². The van der Waals surface area contributed by atoms with E-state index < -0.39 is 0 Å². The Kier molecular flexibility index (Phi) is 1.54. The minimum absolute atomic E-state index is 0.558. The van der Waals surface area contributed by atoms with Crippen LogP contribution in [0.4, 0.5) is 5.82 Å². The third-order valence-corrected chi connectivity index (χ3v) is 2.10. The summed E-state index contributed by atoms with van der Waals surface area (Å²) >= 11 is 0. The number of aromatic nitrogens is 2. The van der Waals surface area contributed by atoms with Crippen molar-refractivity contribution in [2.24, 2.45) is 11.7 Å². The molecule has 1 atom stereocenters. The second kappa shape index (κ2) is 2.54. The Hall–Kier alpha value is -1.03. The second-order valence-corrected chi connectivity index (χ2v) is 2.92. The highest BCUT2D eigenvalue weighted by molar-refractivity contribution is 5.42. The highest BCUT2D eigenvalue weighted by atomic mass is 15.1. The lowest BCUT2D eigenvalue weighted by Gasteiger charge is -2.20. The first kappa shape index (κ1) is 6.67. The van der Waals surface area contributed by atoms with E-state index in [1.54, 1.807) is 6.33 Å². The minimum Gasteiger partial charge on any atom is -0.368 e. The number of nitrogens with zero attached hydrogens (tertiary/aromatic N) is 1. The first-order chi connectivity index (χ1) is 5.40. The molecule has 4 nitrogen and oxygen atoms in total. The van der Waals surface area contributed by atoms with Gasteiger partial charge in [0, 0.05) is 6.54 Å². The number of rotatable bonds is 1. The molecule has 0 saturated heterocycles. The fraction of sp³-hybridized carbons (Fsp3) is 0.571. The first-order valence-corrected chi connectivity index (χ1v) is 3.86. The molecule has 2 rings (SSSR count). The van der Waals surface area contributed by atoms with E-state index >= 15 is 0 Å². The number of anilines is 1. The molecule has 1 unspecified atom stereocenters. The van der Waals surface area contributed by atoms with E-state index in [4.69, 9.17) is 5.73 Å². The summed E-state index contributed by atoms with van der Waals surface area (Å²) in [4.78, 5) is 7.21. The average Bonchev–Trinajstić information content (AvgIpc) is 2.50. The number of aromatic amines is 1. The summed E-state index contributed by atoms with van der Waals surface area (Å²) in [5.41, 5.74) is 6.74. The van der Waals surface area contributed by atoms with Gasteiger partial charge in [0.1, 0.15) is 5.82 Å². The quantitative estimate of drug-likeness (QED) is 0.528. The van der Waals surface area contributed by atoms with E-state index in [0.29, 0.717) is 5.92 Å². The second-order valence-electron chi connectivity index (χ2n) is 2.92. The van der Waals surface area contributed by atoms with Gasteiger partial charge in [-0.3, -0.25) is 0 Å². The van der Waals surface area contributed by atoms with Gasteiger partial charge in [0.2, 0.25) is 0 Å². The molecule has 1 aromatic heterocycles. The molecule has 0 radical (unpaired) electrons. The molecule has 0 fully saturated rings. The smallest absolute Gasteiger partial charge is 0.147 e. The van der Waals surface area contributed by atoms with E-state index in [1.165, 1.54) is 5.69 Å². The van der Waals surface area contributed by atoms with E-state index in [9.17, 15) is 0 Å². The van der Waals surface area contributed by atoms with Gasteiger partial charge in [0.05, 0.1) is 12.0 Å². The van der Waals surface area contributed by atoms with Crippen LogP contribution >= 0.6 is 0 Å². The van der Waals surface area contributed by atoms with Crippen LogP contribution in [0.25, 0.3) is 0 Å². The number of nitrogens with two attached hydrogens (primary N) is 1. The van der Waals surface area contributed by atoms with E-state index in [1.807, 2.05) is 0 Å². The van der Waals surface area contributed by atoms with Crippen molar-refractivity contribution in [2.75, 3.05) is 18.4 Å². The number of hydrogen-bond donors (Lipinski definition) is 3. The van der Waals surface area contributed by atoms with Crippen molar-refractivity contribution in [3.8, 4) is 0 Å². The Morgan fingerprint density at radius 2 is 2.64 bits per heavy atom. The predicted octanol–water partition coefficient (Wildman–Crippen LogP) is -0.0474. The Balaban J connectivity index is 2.18. The lowest BCUT2D eigenvalue weighted by atomic mass is 10.0. The molecule has 0 bridgehead atoms. The van der Waals surface area contributed by atoms with Crippen LogP contribution in [0.5, 0.6) is 0 Å². The molecule has 0 aliphatic carbocycles. The van der Waals surface area contributed by atoms with Crippen molar-refractivity contribution < 1.29 is 0 Å². The summed E-state index contributed by atoms with van der Waals surface area (Å²) in [6.45, 7) is 1.69. The fourth-order valence-electron chi connectivity index (χ4n) is 1.40. The highest BCUT2D eigenvalue weighted by Gasteiger charge is 2.17. The molecule has 2 heterocycles. The maximum atomic E-state index is 5.55. The van der Waals surface area contributed by atoms with Gasteiger partial charge >= 0.3 is 0 Å². The molecule has 0 aromatic carbocycles. The SMILES string of the molecule is NCC1CNc2nc[nH]c2C1. The van der Waals surface area contributed by atoms with Gasteiger partial charge in [0.25, 0.3) is 0 Å². The Morgan fingerprint density at radius 3 is 3.45 bits per heavy atom. The number of imidazole rings is 1. The van der Waals surface area contributed by atoms with E-state index in [2.05, 4.69) is 15.3 Å². The van der Waals surface area contributed by atoms with Crippen LogP contribution in [-0.4, -0.2) is 23.1 Å². The number of hydrogen-bond acceptors (Lipinski definition) is 3. The molecule has 1 aliphatic rings. The summed E-state index contributed by atoms with van der Waals surface area (Å²) in [6.07, 6.45) is 2.75. The third kappa shape index (κ3) is 1.09. The van der Waals surface area contributed by atoms with Crippen molar-refractivity contribution in [2.45, 2.75) is 6.42 Å². The largest absolute Gasteiger partial charge is 0.368 e. The standard InChI is InChI=1S/C7H12N4/c8-2-5-1-6-7(9-3-5)11-4-10-6/h4-5,9H,1-3,8H2,(H,10,11). The Bertz CT molecular complexity index is 242. The average molecular weight is 152 g/mol. The normalized spacial score (nSPS) is 22.5. The summed E-state index contributed by atoms with van der Waals surface area (Å²) in [5, 5.41) is 3.22. The van der Waals surface area contributed by atoms with E-state index in [0.717, 1.165) is 25.3 Å². The molecular formula is C7H12N4. The van der Waals surface area contributed by atoms with Crippen LogP contribution in [0, 0.1) is 5.92 Å². The first-order valence-electron chi connectivity index (χ1n) is 3.86. The summed E-state index contributed by atoms with van der Waals surface area (Å²) in [6, 6.07) is 0. The molecular weight excluding hydrogens is 140 g/mol. The zero-order valence-electron chi connectivity index (χ0n) is 6.30. The van der Waals surface area contributed by atoms with Gasteiger partial charge in [-0.15, -0.1) is 0 Å². The molecule has 60 valence electrons. The van der Waals surface area contributed by atoms with Gasteiger partial charge in [0.15, 0.2) is 0 Å². The minimum atomic E-state index is 0.558. The van der Waals surface area contributed by atoms with Crippen molar-refractivity contribution in [1.29, 1.82) is 0 Å². The van der Waals surface area contributed by atoms with Crippen molar-refractivity contribution >= 4 is 5.82 Å². The van der Waals surface area contributed by atoms with Gasteiger partial charge < -0.3 is 16.0 Å². The maximum absolute atomic E-state index is 5.55. The lowest BCUT2D eigenvalue weighted by molar-refractivity contribution is 0.543. The van der Waals surface area contributed by atoms with Crippen LogP contribution in [0.15, 0.2) is 6.33 Å². The molecule has 0 saturated carbocycles. The van der Waals surface area contributed by atoms with Crippen LogP contribution in [0.3, 0.4) is 0 Å². The Morgan fingerprint density at radius 1 is 1.73 bits per heavy atom. The van der Waals surface area contributed by atoms with E-state index in [-0.39, 0.29) is 0 Å². The van der Waals surface area contributed by atoms with Gasteiger partial charge in [-0.05, 0) is 18.9 Å². The fourth-order valence-corrected chi connectivity index (χ4v) is 1.40. The summed E-state index contributed by atoms with van der Waals surface area (Å²) in [5.74, 6) is 1.55. The summed E-state index contributed by atoms with van der Waals surface area (Å²) < 4.78 is 0. The molecule has 0 amide bonds. The Labute approximate surface area is 65.2 Å². The zero-order chi connectivity index (χ0) is 7.68. The molecule has 1 aliphatic heterocycles. The predicted molar refractivity (Wildman–Crippen MR) is 43.3 cm³/mol. The van der Waals surface area contributed by atoms with Gasteiger partial charge in [-0.1, -0.05) is 0 Å². The number of H-pyrrole nitrogens is 1. The third-order valence-electron chi connectivity index (χ3n) is 2.10. The lowest BCUT2D eigenvalue weighted by Crippen LogP contribution is -2.29. The topological polar surface area (TPSA) is 66.7 Å².